The minimum Gasteiger partial charge on any atom is -0.478 e. The van der Waals surface area contributed by atoms with E-state index in [1.165, 1.54) is 43.5 Å². The van der Waals surface area contributed by atoms with Gasteiger partial charge < -0.3 is 15.3 Å². The summed E-state index contributed by atoms with van der Waals surface area (Å²) in [6.07, 6.45) is 3.65. The number of carboxylic acids is 1. The summed E-state index contributed by atoms with van der Waals surface area (Å²) in [7, 11) is -1.18. The van der Waals surface area contributed by atoms with Gasteiger partial charge in [-0.2, -0.15) is 0 Å². The lowest BCUT2D eigenvalue weighted by Gasteiger charge is -2.25. The number of carboxylic acid groups (broad SMARTS) is 1. The minimum atomic E-state index is -1.18. The fourth-order valence-corrected chi connectivity index (χ4v) is 3.50. The van der Waals surface area contributed by atoms with E-state index >= 15 is 0 Å². The molecule has 2 rings (SSSR count). The first-order chi connectivity index (χ1) is 11.0. The monoisotopic (exact) mass is 338 g/mol. The van der Waals surface area contributed by atoms with Crippen LogP contribution in [0.1, 0.15) is 29.6 Å². The fraction of sp³-hybridized carbons (Fsp3) is 0.500. The van der Waals surface area contributed by atoms with Crippen molar-refractivity contribution in [3.63, 3.8) is 0 Å². The maximum Gasteiger partial charge on any atom is 0.335 e. The molecule has 1 heterocycles. The Hall–Kier alpha value is -1.73. The first-order valence-corrected chi connectivity index (χ1v) is 9.24. The smallest absolute Gasteiger partial charge is 0.335 e. The lowest BCUT2D eigenvalue weighted by atomic mass is 10.1. The van der Waals surface area contributed by atoms with Crippen molar-refractivity contribution in [2.75, 3.05) is 36.5 Å². The first-order valence-electron chi connectivity index (χ1n) is 7.75. The molecule has 0 bridgehead atoms. The van der Waals surface area contributed by atoms with Gasteiger partial charge in [0.05, 0.1) is 5.56 Å². The highest BCUT2D eigenvalue weighted by Gasteiger charge is 2.13. The molecule has 0 spiro atoms. The predicted molar refractivity (Wildman–Crippen MR) is 90.2 cm³/mol. The average Bonchev–Trinajstić information content (AvgIpc) is 2.54. The summed E-state index contributed by atoms with van der Waals surface area (Å²) >= 11 is 0. The SMILES string of the molecule is O=C(CS(=O)CCN1CCCCC1)Nc1ccc(C(=O)O)cc1. The van der Waals surface area contributed by atoms with Crippen molar-refractivity contribution in [1.82, 2.24) is 4.90 Å². The van der Waals surface area contributed by atoms with E-state index < -0.39 is 16.8 Å². The number of hydrogen-bond acceptors (Lipinski definition) is 4. The molecule has 7 heteroatoms. The molecule has 1 atom stereocenters. The van der Waals surface area contributed by atoms with E-state index in [1.807, 2.05) is 0 Å². The molecule has 1 aliphatic rings. The lowest BCUT2D eigenvalue weighted by Crippen LogP contribution is -2.34. The van der Waals surface area contributed by atoms with Gasteiger partial charge in [-0.15, -0.1) is 0 Å². The second kappa shape index (κ2) is 8.79. The second-order valence-electron chi connectivity index (χ2n) is 5.62. The first kappa shape index (κ1) is 17.6. The number of piperidine rings is 1. The van der Waals surface area contributed by atoms with Gasteiger partial charge in [0.2, 0.25) is 5.91 Å². The summed E-state index contributed by atoms with van der Waals surface area (Å²) in [4.78, 5) is 24.9. The van der Waals surface area contributed by atoms with E-state index in [-0.39, 0.29) is 17.2 Å². The molecule has 0 aromatic heterocycles. The van der Waals surface area contributed by atoms with Gasteiger partial charge in [0, 0.05) is 28.8 Å². The van der Waals surface area contributed by atoms with Crippen LogP contribution in [0, 0.1) is 0 Å². The molecule has 2 N–H and O–H groups in total. The third-order valence-corrected chi connectivity index (χ3v) is 5.01. The van der Waals surface area contributed by atoms with Crippen molar-refractivity contribution in [1.29, 1.82) is 0 Å². The number of hydrogen-bond donors (Lipinski definition) is 2. The van der Waals surface area contributed by atoms with Crippen LogP contribution < -0.4 is 5.32 Å². The number of likely N-dealkylation sites (tertiary alicyclic amines) is 1. The van der Waals surface area contributed by atoms with Crippen molar-refractivity contribution in [2.24, 2.45) is 0 Å². The molecule has 1 aromatic rings. The molecule has 0 saturated carbocycles. The molecule has 0 radical (unpaired) electrons. The van der Waals surface area contributed by atoms with Gasteiger partial charge in [-0.3, -0.25) is 9.00 Å². The number of nitrogens with zero attached hydrogens (tertiary/aromatic N) is 1. The number of nitrogens with one attached hydrogen (secondary N) is 1. The Balaban J connectivity index is 1.72. The number of aromatic carboxylic acids is 1. The van der Waals surface area contributed by atoms with Crippen LogP contribution in [0.15, 0.2) is 24.3 Å². The zero-order chi connectivity index (χ0) is 16.7. The number of benzene rings is 1. The van der Waals surface area contributed by atoms with Gasteiger partial charge in [0.15, 0.2) is 0 Å². The molecule has 1 amide bonds. The molecule has 6 nitrogen and oxygen atoms in total. The number of carbonyl (C=O) groups excluding carboxylic acids is 1. The topological polar surface area (TPSA) is 86.7 Å². The number of anilines is 1. The van der Waals surface area contributed by atoms with E-state index in [0.29, 0.717) is 11.4 Å². The molecule has 1 aliphatic heterocycles. The molecule has 126 valence electrons. The highest BCUT2D eigenvalue weighted by atomic mass is 32.2. The van der Waals surface area contributed by atoms with E-state index in [1.54, 1.807) is 0 Å². The van der Waals surface area contributed by atoms with Gasteiger partial charge in [-0.1, -0.05) is 6.42 Å². The van der Waals surface area contributed by atoms with Crippen molar-refractivity contribution in [2.45, 2.75) is 19.3 Å². The van der Waals surface area contributed by atoms with Crippen LogP contribution in [0.4, 0.5) is 5.69 Å². The zero-order valence-corrected chi connectivity index (χ0v) is 13.8. The number of rotatable bonds is 7. The minimum absolute atomic E-state index is 0.0332. The average molecular weight is 338 g/mol. The normalized spacial score (nSPS) is 16.7. The van der Waals surface area contributed by atoms with E-state index in [2.05, 4.69) is 10.2 Å². The maximum atomic E-state index is 12.0. The zero-order valence-electron chi connectivity index (χ0n) is 13.0. The van der Waals surface area contributed by atoms with Gasteiger partial charge in [-0.05, 0) is 50.2 Å². The summed E-state index contributed by atoms with van der Waals surface area (Å²) in [5.74, 6) is -0.855. The maximum absolute atomic E-state index is 12.0. The molecule has 23 heavy (non-hydrogen) atoms. The van der Waals surface area contributed by atoms with Crippen LogP contribution in [-0.4, -0.2) is 57.2 Å². The summed E-state index contributed by atoms with van der Waals surface area (Å²) in [6, 6.07) is 5.90. The molecule has 1 saturated heterocycles. The highest BCUT2D eigenvalue weighted by Crippen LogP contribution is 2.10. The molecule has 1 unspecified atom stereocenters. The molecule has 0 aliphatic carbocycles. The van der Waals surface area contributed by atoms with Crippen molar-refractivity contribution in [3.8, 4) is 0 Å². The van der Waals surface area contributed by atoms with E-state index in [4.69, 9.17) is 5.11 Å². The summed E-state index contributed by atoms with van der Waals surface area (Å²) < 4.78 is 12.0. The van der Waals surface area contributed by atoms with Crippen molar-refractivity contribution >= 4 is 28.4 Å². The Labute approximate surface area is 138 Å². The van der Waals surface area contributed by atoms with Crippen LogP contribution in [0.25, 0.3) is 0 Å². The number of carbonyl (C=O) groups is 2. The van der Waals surface area contributed by atoms with Crippen LogP contribution in [0.2, 0.25) is 0 Å². The van der Waals surface area contributed by atoms with Gasteiger partial charge in [0.1, 0.15) is 5.75 Å². The van der Waals surface area contributed by atoms with Crippen molar-refractivity contribution < 1.29 is 18.9 Å². The molecule has 1 aromatic carbocycles. The van der Waals surface area contributed by atoms with Crippen LogP contribution in [0.5, 0.6) is 0 Å². The van der Waals surface area contributed by atoms with E-state index in [9.17, 15) is 13.8 Å². The summed E-state index contributed by atoms with van der Waals surface area (Å²) in [6.45, 7) is 2.88. The van der Waals surface area contributed by atoms with Crippen LogP contribution in [-0.2, 0) is 15.6 Å². The summed E-state index contributed by atoms with van der Waals surface area (Å²) in [5.41, 5.74) is 0.668. The van der Waals surface area contributed by atoms with E-state index in [0.717, 1.165) is 19.6 Å². The highest BCUT2D eigenvalue weighted by molar-refractivity contribution is 7.85. The van der Waals surface area contributed by atoms with Crippen molar-refractivity contribution in [3.05, 3.63) is 29.8 Å². The number of amides is 1. The fourth-order valence-electron chi connectivity index (χ4n) is 2.53. The van der Waals surface area contributed by atoms with Crippen LogP contribution in [0.3, 0.4) is 0 Å². The Morgan fingerprint density at radius 2 is 1.78 bits per heavy atom. The lowest BCUT2D eigenvalue weighted by molar-refractivity contribution is -0.113. The third-order valence-electron chi connectivity index (χ3n) is 3.79. The predicted octanol–water partition coefficient (Wildman–Crippen LogP) is 1.56. The quantitative estimate of drug-likeness (QED) is 0.788. The molecular formula is C16H22N2O4S. The van der Waals surface area contributed by atoms with Gasteiger partial charge in [-0.25, -0.2) is 4.79 Å². The largest absolute Gasteiger partial charge is 0.478 e. The Morgan fingerprint density at radius 3 is 2.39 bits per heavy atom. The Bertz CT molecular complexity index is 568. The Kier molecular flexibility index (Phi) is 6.73. The van der Waals surface area contributed by atoms with Gasteiger partial charge in [0.25, 0.3) is 0 Å². The second-order valence-corrected chi connectivity index (χ2v) is 7.20. The Morgan fingerprint density at radius 1 is 1.13 bits per heavy atom. The molecular weight excluding hydrogens is 316 g/mol. The standard InChI is InChI=1S/C16H22N2O4S/c19-15(17-14-6-4-13(5-7-14)16(20)21)12-23(22)11-10-18-8-2-1-3-9-18/h4-7H,1-3,8-12H2,(H,17,19)(H,20,21). The van der Waals surface area contributed by atoms with Crippen LogP contribution >= 0.6 is 0 Å². The van der Waals surface area contributed by atoms with Gasteiger partial charge >= 0.3 is 5.97 Å². The third kappa shape index (κ3) is 6.11. The summed E-state index contributed by atoms with van der Waals surface area (Å²) in [5, 5.41) is 11.4. The molecule has 1 fully saturated rings.